The lowest BCUT2D eigenvalue weighted by Gasteiger charge is -2.10. The van der Waals surface area contributed by atoms with Crippen molar-refractivity contribution < 1.29 is 9.53 Å². The van der Waals surface area contributed by atoms with E-state index in [1.54, 1.807) is 13.2 Å². The number of hydrogen-bond acceptors (Lipinski definition) is 2. The molecule has 3 aromatic carbocycles. The average molecular weight is 392 g/mol. The lowest BCUT2D eigenvalue weighted by Crippen LogP contribution is -2.11. The highest BCUT2D eigenvalue weighted by Gasteiger charge is 2.17. The predicted octanol–water partition coefficient (Wildman–Crippen LogP) is 4.85. The van der Waals surface area contributed by atoms with E-state index in [1.807, 2.05) is 37.3 Å². The average Bonchev–Trinajstić information content (AvgIpc) is 2.98. The number of benzene rings is 3. The Balaban J connectivity index is 2.00. The van der Waals surface area contributed by atoms with Crippen molar-refractivity contribution in [3.8, 4) is 0 Å². The SMILES string of the molecule is COCc1c[c]c2c3c(C(N)=O)cccc3n(Cc3ccc(C)c(Cl)c3)c2c1. The zero-order valence-corrected chi connectivity index (χ0v) is 16.5. The number of rotatable bonds is 5. The van der Waals surface area contributed by atoms with Gasteiger partial charge in [-0.3, -0.25) is 4.79 Å². The Hall–Kier alpha value is -2.82. The molecule has 2 N–H and O–H groups in total. The van der Waals surface area contributed by atoms with Gasteiger partial charge in [-0.2, -0.15) is 0 Å². The van der Waals surface area contributed by atoms with Crippen LogP contribution in [0.25, 0.3) is 21.8 Å². The van der Waals surface area contributed by atoms with E-state index < -0.39 is 5.91 Å². The molecule has 141 valence electrons. The molecule has 4 nitrogen and oxygen atoms in total. The van der Waals surface area contributed by atoms with E-state index in [1.165, 1.54) is 0 Å². The quantitative estimate of drug-likeness (QED) is 0.528. The molecule has 0 unspecified atom stereocenters. The maximum absolute atomic E-state index is 12.0. The first-order valence-electron chi connectivity index (χ1n) is 8.99. The molecule has 0 aliphatic carbocycles. The van der Waals surface area contributed by atoms with Gasteiger partial charge < -0.3 is 15.0 Å². The first kappa shape index (κ1) is 18.5. The number of halogens is 1. The number of hydrogen-bond donors (Lipinski definition) is 1. The van der Waals surface area contributed by atoms with E-state index in [0.717, 1.165) is 43.5 Å². The van der Waals surface area contributed by atoms with Crippen LogP contribution in [0.4, 0.5) is 0 Å². The van der Waals surface area contributed by atoms with E-state index in [2.05, 4.69) is 22.8 Å². The molecule has 1 heterocycles. The number of nitrogens with zero attached hydrogens (tertiary/aromatic N) is 1. The van der Waals surface area contributed by atoms with Gasteiger partial charge in [-0.15, -0.1) is 0 Å². The number of primary amides is 1. The van der Waals surface area contributed by atoms with Crippen LogP contribution in [0, 0.1) is 13.0 Å². The zero-order chi connectivity index (χ0) is 19.8. The second-order valence-electron chi connectivity index (χ2n) is 6.93. The molecule has 0 saturated heterocycles. The standard InChI is InChI=1S/C23H20ClN2O2/c1-14-6-7-15(10-19(14)24)12-26-20-5-3-4-18(23(25)27)22(20)17-9-8-16(13-28-2)11-21(17)26/h3-8,10-11H,12-13H2,1-2H3,(H2,25,27). The van der Waals surface area contributed by atoms with Gasteiger partial charge in [-0.05, 0) is 60.0 Å². The van der Waals surface area contributed by atoms with Gasteiger partial charge >= 0.3 is 0 Å². The molecular weight excluding hydrogens is 372 g/mol. The van der Waals surface area contributed by atoms with Gasteiger partial charge in [0.15, 0.2) is 0 Å². The molecule has 28 heavy (non-hydrogen) atoms. The number of ether oxygens (including phenoxy) is 1. The van der Waals surface area contributed by atoms with Crippen molar-refractivity contribution >= 4 is 39.3 Å². The lowest BCUT2D eigenvalue weighted by atomic mass is 10.0. The zero-order valence-electron chi connectivity index (χ0n) is 15.8. The number of aryl methyl sites for hydroxylation is 1. The van der Waals surface area contributed by atoms with Crippen molar-refractivity contribution in [3.05, 3.63) is 81.9 Å². The van der Waals surface area contributed by atoms with Crippen LogP contribution < -0.4 is 5.73 Å². The van der Waals surface area contributed by atoms with Crippen LogP contribution in [0.3, 0.4) is 0 Å². The Morgan fingerprint density at radius 2 is 2.00 bits per heavy atom. The maximum Gasteiger partial charge on any atom is 0.249 e. The lowest BCUT2D eigenvalue weighted by molar-refractivity contribution is 0.100. The van der Waals surface area contributed by atoms with Crippen molar-refractivity contribution in [1.82, 2.24) is 4.57 Å². The summed E-state index contributed by atoms with van der Waals surface area (Å²) in [5.41, 5.74) is 11.2. The monoisotopic (exact) mass is 391 g/mol. The topological polar surface area (TPSA) is 57.2 Å². The molecule has 0 spiro atoms. The number of carbonyl (C=O) groups is 1. The molecule has 0 aliphatic heterocycles. The van der Waals surface area contributed by atoms with Gasteiger partial charge in [0.1, 0.15) is 0 Å². The third-order valence-electron chi connectivity index (χ3n) is 5.01. The van der Waals surface area contributed by atoms with Gasteiger partial charge in [-0.25, -0.2) is 0 Å². The summed E-state index contributed by atoms with van der Waals surface area (Å²) in [7, 11) is 1.67. The van der Waals surface area contributed by atoms with Crippen molar-refractivity contribution in [2.24, 2.45) is 5.73 Å². The summed E-state index contributed by atoms with van der Waals surface area (Å²) in [5.74, 6) is -0.447. The minimum absolute atomic E-state index is 0.447. The number of aromatic nitrogens is 1. The third-order valence-corrected chi connectivity index (χ3v) is 5.41. The highest BCUT2D eigenvalue weighted by atomic mass is 35.5. The Morgan fingerprint density at radius 3 is 2.71 bits per heavy atom. The van der Waals surface area contributed by atoms with Crippen molar-refractivity contribution in [1.29, 1.82) is 0 Å². The molecule has 1 aromatic heterocycles. The smallest absolute Gasteiger partial charge is 0.249 e. The molecule has 0 fully saturated rings. The molecule has 1 amide bonds. The van der Waals surface area contributed by atoms with E-state index in [-0.39, 0.29) is 0 Å². The van der Waals surface area contributed by atoms with Crippen LogP contribution in [-0.4, -0.2) is 17.6 Å². The van der Waals surface area contributed by atoms with E-state index in [9.17, 15) is 4.79 Å². The molecular formula is C23H20ClN2O2. The van der Waals surface area contributed by atoms with Gasteiger partial charge in [0.25, 0.3) is 0 Å². The summed E-state index contributed by atoms with van der Waals surface area (Å²) in [4.78, 5) is 12.0. The molecule has 1 radical (unpaired) electrons. The van der Waals surface area contributed by atoms with E-state index >= 15 is 0 Å². The predicted molar refractivity (Wildman–Crippen MR) is 113 cm³/mol. The van der Waals surface area contributed by atoms with E-state index in [0.29, 0.717) is 18.7 Å². The number of fused-ring (bicyclic) bond motifs is 3. The van der Waals surface area contributed by atoms with Gasteiger partial charge in [-0.1, -0.05) is 29.8 Å². The van der Waals surface area contributed by atoms with Crippen molar-refractivity contribution in [3.63, 3.8) is 0 Å². The summed E-state index contributed by atoms with van der Waals surface area (Å²) >= 11 is 6.33. The summed E-state index contributed by atoms with van der Waals surface area (Å²) in [6, 6.07) is 19.0. The molecule has 4 aromatic rings. The highest BCUT2D eigenvalue weighted by molar-refractivity contribution is 6.31. The summed E-state index contributed by atoms with van der Waals surface area (Å²) in [6.45, 7) is 3.09. The van der Waals surface area contributed by atoms with Crippen molar-refractivity contribution in [2.45, 2.75) is 20.1 Å². The molecule has 4 rings (SSSR count). The Kier molecular flexibility index (Phi) is 4.84. The van der Waals surface area contributed by atoms with Crippen LogP contribution >= 0.6 is 11.6 Å². The fourth-order valence-electron chi connectivity index (χ4n) is 3.64. The van der Waals surface area contributed by atoms with E-state index in [4.69, 9.17) is 22.1 Å². The van der Waals surface area contributed by atoms with Crippen LogP contribution in [0.1, 0.15) is 27.0 Å². The normalized spacial score (nSPS) is 11.4. The van der Waals surface area contributed by atoms with Crippen LogP contribution in [0.2, 0.25) is 5.02 Å². The number of nitrogens with two attached hydrogens (primary N) is 1. The summed E-state index contributed by atoms with van der Waals surface area (Å²) in [5, 5.41) is 2.44. The molecule has 0 atom stereocenters. The molecule has 0 aliphatic rings. The Labute approximate surface area is 168 Å². The first-order valence-corrected chi connectivity index (χ1v) is 9.36. The molecule has 5 heteroatoms. The second kappa shape index (κ2) is 7.30. The van der Waals surface area contributed by atoms with Crippen molar-refractivity contribution in [2.75, 3.05) is 7.11 Å². The largest absolute Gasteiger partial charge is 0.380 e. The third kappa shape index (κ3) is 3.15. The Morgan fingerprint density at radius 1 is 1.18 bits per heavy atom. The minimum Gasteiger partial charge on any atom is -0.380 e. The van der Waals surface area contributed by atoms with Crippen LogP contribution in [-0.2, 0) is 17.9 Å². The molecule has 0 bridgehead atoms. The van der Waals surface area contributed by atoms with Gasteiger partial charge in [0, 0.05) is 35.0 Å². The number of methoxy groups -OCH3 is 1. The summed E-state index contributed by atoms with van der Waals surface area (Å²) < 4.78 is 7.45. The van der Waals surface area contributed by atoms with Crippen LogP contribution in [0.15, 0.2) is 48.5 Å². The van der Waals surface area contributed by atoms with Crippen LogP contribution in [0.5, 0.6) is 0 Å². The fourth-order valence-corrected chi connectivity index (χ4v) is 3.85. The molecule has 0 saturated carbocycles. The number of carbonyl (C=O) groups excluding carboxylic acids is 1. The first-order chi connectivity index (χ1) is 13.5. The maximum atomic E-state index is 12.0. The second-order valence-corrected chi connectivity index (χ2v) is 7.34. The van der Waals surface area contributed by atoms with Gasteiger partial charge in [0.2, 0.25) is 5.91 Å². The number of amides is 1. The Bertz CT molecular complexity index is 1210. The summed E-state index contributed by atoms with van der Waals surface area (Å²) in [6.07, 6.45) is 0. The minimum atomic E-state index is -0.447. The van der Waals surface area contributed by atoms with Gasteiger partial charge in [0.05, 0.1) is 17.6 Å². The fraction of sp³-hybridized carbons (Fsp3) is 0.174. The highest BCUT2D eigenvalue weighted by Crippen LogP contribution is 2.33.